The van der Waals surface area contributed by atoms with E-state index < -0.39 is 11.6 Å². The highest BCUT2D eigenvalue weighted by atomic mass is 32.1. The van der Waals surface area contributed by atoms with Crippen molar-refractivity contribution in [3.8, 4) is 28.3 Å². The van der Waals surface area contributed by atoms with Crippen LogP contribution >= 0.6 is 12.2 Å². The van der Waals surface area contributed by atoms with E-state index in [1.165, 1.54) is 0 Å². The normalized spacial score (nSPS) is 16.5. The van der Waals surface area contributed by atoms with Crippen LogP contribution in [0, 0.1) is 0 Å². The van der Waals surface area contributed by atoms with Gasteiger partial charge in [-0.2, -0.15) is 0 Å². The first-order valence-electron chi connectivity index (χ1n) is 10.6. The van der Waals surface area contributed by atoms with E-state index in [1.807, 2.05) is 54.4 Å². The Morgan fingerprint density at radius 1 is 1.12 bits per heavy atom. The second-order valence-electron chi connectivity index (χ2n) is 8.26. The molecule has 6 nitrogen and oxygen atoms in total. The Hall–Kier alpha value is -3.45. The number of nitrogens with one attached hydrogen (secondary N) is 1. The average molecular weight is 446 g/mol. The van der Waals surface area contributed by atoms with Crippen LogP contribution in [0.5, 0.6) is 5.88 Å². The van der Waals surface area contributed by atoms with Crippen molar-refractivity contribution in [1.82, 2.24) is 10.3 Å². The number of amides is 1. The molecule has 2 heterocycles. The van der Waals surface area contributed by atoms with Gasteiger partial charge in [0.1, 0.15) is 17.3 Å². The summed E-state index contributed by atoms with van der Waals surface area (Å²) in [5.41, 5.74) is 5.14. The number of thiocarbonyl (C=S) groups is 1. The Labute approximate surface area is 191 Å². The van der Waals surface area contributed by atoms with Gasteiger partial charge >= 0.3 is 6.09 Å². The Morgan fingerprint density at radius 2 is 1.84 bits per heavy atom. The maximum absolute atomic E-state index is 11.3. The first-order chi connectivity index (χ1) is 15.5. The van der Waals surface area contributed by atoms with Gasteiger partial charge in [-0.25, -0.2) is 9.78 Å². The molecule has 2 aliphatic rings. The van der Waals surface area contributed by atoms with E-state index in [1.54, 1.807) is 0 Å². The van der Waals surface area contributed by atoms with Gasteiger partial charge < -0.3 is 20.1 Å². The van der Waals surface area contributed by atoms with Gasteiger partial charge in [-0.05, 0) is 36.5 Å². The van der Waals surface area contributed by atoms with Crippen molar-refractivity contribution in [2.75, 3.05) is 18.6 Å². The summed E-state index contributed by atoms with van der Waals surface area (Å²) in [7, 11) is 1.93. The van der Waals surface area contributed by atoms with Gasteiger partial charge in [0.15, 0.2) is 0 Å². The number of pyridine rings is 1. The van der Waals surface area contributed by atoms with Gasteiger partial charge in [-0.15, -0.1) is 0 Å². The maximum atomic E-state index is 11.3. The van der Waals surface area contributed by atoms with Gasteiger partial charge in [-0.1, -0.05) is 66.8 Å². The summed E-state index contributed by atoms with van der Waals surface area (Å²) in [5, 5.41) is 12.0. The van der Waals surface area contributed by atoms with Crippen molar-refractivity contribution in [3.63, 3.8) is 0 Å². The third-order valence-electron chi connectivity index (χ3n) is 6.39. The van der Waals surface area contributed by atoms with Crippen LogP contribution in [0.3, 0.4) is 0 Å². The van der Waals surface area contributed by atoms with E-state index in [0.29, 0.717) is 17.5 Å². The number of benzene rings is 2. The summed E-state index contributed by atoms with van der Waals surface area (Å²) in [5.74, 6) is 0.558. The molecule has 32 heavy (non-hydrogen) atoms. The van der Waals surface area contributed by atoms with Crippen LogP contribution in [0.1, 0.15) is 24.8 Å². The summed E-state index contributed by atoms with van der Waals surface area (Å²) < 4.78 is 5.84. The van der Waals surface area contributed by atoms with Crippen LogP contribution < -0.4 is 15.0 Å². The molecule has 2 N–H and O–H groups in total. The fraction of sp³-hybridized carbons (Fsp3) is 0.240. The lowest BCUT2D eigenvalue weighted by molar-refractivity contribution is 0.144. The monoisotopic (exact) mass is 445 g/mol. The third-order valence-corrected chi connectivity index (χ3v) is 6.78. The highest BCUT2D eigenvalue weighted by molar-refractivity contribution is 7.80. The van der Waals surface area contributed by atoms with Crippen molar-refractivity contribution >= 4 is 29.0 Å². The highest BCUT2D eigenvalue weighted by Crippen LogP contribution is 2.43. The maximum Gasteiger partial charge on any atom is 0.405 e. The minimum Gasteiger partial charge on any atom is -0.469 e. The van der Waals surface area contributed by atoms with Gasteiger partial charge in [0.05, 0.1) is 11.2 Å². The standard InChI is InChI=1S/C25H23N3O3S/c1-28-20-14-19(16-6-3-2-4-7-16)22(26-23(20)31-15-21(28)32)17-8-10-18(11-9-17)25(12-5-13-25)27-24(29)30/h2-4,6-11,14,27H,5,12-13,15H2,1H3,(H,29,30). The Bertz CT molecular complexity index is 1190. The largest absolute Gasteiger partial charge is 0.469 e. The second-order valence-corrected chi connectivity index (χ2v) is 8.73. The number of nitrogens with zero attached hydrogens (tertiary/aromatic N) is 2. The number of carboxylic acid groups (broad SMARTS) is 1. The highest BCUT2D eigenvalue weighted by Gasteiger charge is 2.40. The first-order valence-corrected chi connectivity index (χ1v) is 11.0. The van der Waals surface area contributed by atoms with Crippen LogP contribution in [0.4, 0.5) is 10.5 Å². The lowest BCUT2D eigenvalue weighted by Gasteiger charge is -2.42. The number of likely N-dealkylation sites (N-methyl/N-ethyl adjacent to an activating group) is 1. The summed E-state index contributed by atoms with van der Waals surface area (Å²) >= 11 is 5.41. The molecule has 0 unspecified atom stereocenters. The van der Waals surface area contributed by atoms with E-state index in [4.69, 9.17) is 21.9 Å². The molecule has 5 rings (SSSR count). The minimum atomic E-state index is -0.990. The molecular weight excluding hydrogens is 422 g/mol. The molecule has 1 aliphatic heterocycles. The first kappa shape index (κ1) is 20.5. The van der Waals surface area contributed by atoms with Crippen molar-refractivity contribution in [2.24, 2.45) is 0 Å². The Kier molecular flexibility index (Phi) is 5.06. The van der Waals surface area contributed by atoms with Gasteiger partial charge in [0.25, 0.3) is 0 Å². The number of hydrogen-bond donors (Lipinski definition) is 2. The number of anilines is 1. The number of hydrogen-bond acceptors (Lipinski definition) is 4. The number of carbonyl (C=O) groups is 1. The van der Waals surface area contributed by atoms with E-state index in [2.05, 4.69) is 23.5 Å². The third kappa shape index (κ3) is 3.48. The summed E-state index contributed by atoms with van der Waals surface area (Å²) in [4.78, 5) is 18.9. The predicted molar refractivity (Wildman–Crippen MR) is 128 cm³/mol. The van der Waals surface area contributed by atoms with Crippen LogP contribution in [-0.2, 0) is 5.54 Å². The molecule has 0 bridgehead atoms. The lowest BCUT2D eigenvalue weighted by atomic mass is 9.71. The van der Waals surface area contributed by atoms with Crippen molar-refractivity contribution in [1.29, 1.82) is 0 Å². The topological polar surface area (TPSA) is 74.7 Å². The molecule has 0 saturated heterocycles. The zero-order chi connectivity index (χ0) is 22.3. The Morgan fingerprint density at radius 3 is 2.47 bits per heavy atom. The molecule has 2 aromatic carbocycles. The van der Waals surface area contributed by atoms with Crippen LogP contribution in [0.15, 0.2) is 60.7 Å². The van der Waals surface area contributed by atoms with Gasteiger partial charge in [0, 0.05) is 18.2 Å². The van der Waals surface area contributed by atoms with E-state index in [-0.39, 0.29) is 0 Å². The number of aromatic nitrogens is 1. The fourth-order valence-corrected chi connectivity index (χ4v) is 4.58. The molecule has 1 aliphatic carbocycles. The second kappa shape index (κ2) is 7.91. The zero-order valence-electron chi connectivity index (χ0n) is 17.7. The summed E-state index contributed by atoms with van der Waals surface area (Å²) in [6, 6.07) is 20.2. The van der Waals surface area contributed by atoms with Crippen LogP contribution in [0.25, 0.3) is 22.4 Å². The van der Waals surface area contributed by atoms with E-state index in [9.17, 15) is 9.90 Å². The zero-order valence-corrected chi connectivity index (χ0v) is 18.5. The van der Waals surface area contributed by atoms with E-state index >= 15 is 0 Å². The Balaban J connectivity index is 1.60. The molecule has 1 fully saturated rings. The molecule has 0 atom stereocenters. The van der Waals surface area contributed by atoms with Crippen molar-refractivity contribution < 1.29 is 14.6 Å². The van der Waals surface area contributed by atoms with Gasteiger partial charge in [-0.3, -0.25) is 0 Å². The quantitative estimate of drug-likeness (QED) is 0.537. The molecular formula is C25H23N3O3S. The fourth-order valence-electron chi connectivity index (χ4n) is 4.42. The molecule has 0 radical (unpaired) electrons. The van der Waals surface area contributed by atoms with Crippen molar-refractivity contribution in [2.45, 2.75) is 24.8 Å². The number of ether oxygens (including phenoxy) is 1. The average Bonchev–Trinajstić information content (AvgIpc) is 2.79. The molecule has 7 heteroatoms. The molecule has 162 valence electrons. The molecule has 0 spiro atoms. The predicted octanol–water partition coefficient (Wildman–Crippen LogP) is 5.22. The summed E-state index contributed by atoms with van der Waals surface area (Å²) in [6.07, 6.45) is 1.64. The molecule has 1 saturated carbocycles. The number of fused-ring (bicyclic) bond motifs is 1. The lowest BCUT2D eigenvalue weighted by Crippen LogP contribution is -2.50. The van der Waals surface area contributed by atoms with Gasteiger partial charge in [0.2, 0.25) is 5.88 Å². The molecule has 3 aromatic rings. The van der Waals surface area contributed by atoms with Crippen LogP contribution in [0.2, 0.25) is 0 Å². The van der Waals surface area contributed by atoms with Crippen molar-refractivity contribution in [3.05, 3.63) is 66.2 Å². The molecule has 1 amide bonds. The smallest absolute Gasteiger partial charge is 0.405 e. The van der Waals surface area contributed by atoms with Crippen LogP contribution in [-0.4, -0.2) is 34.8 Å². The van der Waals surface area contributed by atoms with E-state index in [0.717, 1.165) is 52.9 Å². The minimum absolute atomic E-state index is 0.332. The summed E-state index contributed by atoms with van der Waals surface area (Å²) in [6.45, 7) is 0.332. The SMILES string of the molecule is CN1C(=S)COc2nc(-c3ccc(C4(NC(=O)O)CCC4)cc3)c(-c3ccccc3)cc21. The molecule has 1 aromatic heterocycles. The number of rotatable bonds is 4.